The first-order chi connectivity index (χ1) is 21.6. The van der Waals surface area contributed by atoms with Crippen molar-refractivity contribution in [1.29, 1.82) is 0 Å². The zero-order valence-electron chi connectivity index (χ0n) is 29.5. The van der Waals surface area contributed by atoms with E-state index in [-0.39, 0.29) is 19.4 Å². The standard InChI is InChI=1S/C36H71O8P/c1-4-5-6-7-8-9-10-11-12-13-14-15-16-17-20-23-26-29-35(37)42-31-34(32-43-45(39,40)41)44-36(38)30-27-24-21-18-19-22-25-28-33(2)3/h33-34H,4-32H2,1-3H3,(H2,39,40,41)/t34-/m1/s1. The van der Waals surface area contributed by atoms with E-state index in [1.165, 1.54) is 116 Å². The largest absolute Gasteiger partial charge is 0.469 e. The Morgan fingerprint density at radius 1 is 0.556 bits per heavy atom. The monoisotopic (exact) mass is 662 g/mol. The molecule has 0 aliphatic carbocycles. The Hall–Kier alpha value is -0.950. The van der Waals surface area contributed by atoms with Gasteiger partial charge in [-0.15, -0.1) is 0 Å². The third-order valence-corrected chi connectivity index (χ3v) is 8.79. The lowest BCUT2D eigenvalue weighted by molar-refractivity contribution is -0.161. The Morgan fingerprint density at radius 2 is 0.933 bits per heavy atom. The van der Waals surface area contributed by atoms with Crippen molar-refractivity contribution in [2.75, 3.05) is 13.2 Å². The summed E-state index contributed by atoms with van der Waals surface area (Å²) < 4.78 is 26.3. The van der Waals surface area contributed by atoms with E-state index in [4.69, 9.17) is 19.3 Å². The minimum Gasteiger partial charge on any atom is -0.462 e. The van der Waals surface area contributed by atoms with Crippen LogP contribution >= 0.6 is 7.82 Å². The molecular weight excluding hydrogens is 591 g/mol. The second kappa shape index (κ2) is 31.6. The van der Waals surface area contributed by atoms with Gasteiger partial charge in [0.2, 0.25) is 0 Å². The average molecular weight is 663 g/mol. The van der Waals surface area contributed by atoms with Crippen LogP contribution in [-0.2, 0) is 28.2 Å². The molecule has 0 aromatic heterocycles. The van der Waals surface area contributed by atoms with E-state index in [1.54, 1.807) is 0 Å². The Labute approximate surface area is 276 Å². The lowest BCUT2D eigenvalue weighted by atomic mass is 10.0. The van der Waals surface area contributed by atoms with E-state index in [0.29, 0.717) is 6.42 Å². The second-order valence-corrected chi connectivity index (χ2v) is 14.6. The second-order valence-electron chi connectivity index (χ2n) is 13.4. The van der Waals surface area contributed by atoms with Gasteiger partial charge in [0, 0.05) is 12.8 Å². The quantitative estimate of drug-likeness (QED) is 0.0397. The summed E-state index contributed by atoms with van der Waals surface area (Å²) >= 11 is 0. The van der Waals surface area contributed by atoms with Gasteiger partial charge in [0.25, 0.3) is 0 Å². The first-order valence-corrected chi connectivity index (χ1v) is 20.2. The summed E-state index contributed by atoms with van der Waals surface area (Å²) in [6, 6.07) is 0. The molecule has 0 radical (unpaired) electrons. The average Bonchev–Trinajstić information content (AvgIpc) is 2.98. The molecule has 0 spiro atoms. The van der Waals surface area contributed by atoms with Crippen molar-refractivity contribution in [2.45, 2.75) is 200 Å². The maximum absolute atomic E-state index is 12.3. The number of esters is 2. The molecule has 0 aliphatic heterocycles. The first kappa shape index (κ1) is 44.0. The van der Waals surface area contributed by atoms with Crippen LogP contribution in [0.4, 0.5) is 0 Å². The number of hydrogen-bond acceptors (Lipinski definition) is 6. The predicted octanol–water partition coefficient (Wildman–Crippen LogP) is 10.8. The summed E-state index contributed by atoms with van der Waals surface area (Å²) in [5, 5.41) is 0. The van der Waals surface area contributed by atoms with E-state index >= 15 is 0 Å². The summed E-state index contributed by atoms with van der Waals surface area (Å²) in [5.74, 6) is -0.124. The molecule has 0 unspecified atom stereocenters. The highest BCUT2D eigenvalue weighted by Gasteiger charge is 2.22. The Balaban J connectivity index is 3.88. The highest BCUT2D eigenvalue weighted by Crippen LogP contribution is 2.36. The van der Waals surface area contributed by atoms with Gasteiger partial charge < -0.3 is 19.3 Å². The molecular formula is C36H71O8P. The van der Waals surface area contributed by atoms with Gasteiger partial charge in [-0.25, -0.2) is 4.57 Å². The van der Waals surface area contributed by atoms with Crippen LogP contribution in [0.25, 0.3) is 0 Å². The Bertz CT molecular complexity index is 724. The molecule has 0 fully saturated rings. The number of ether oxygens (including phenoxy) is 2. The minimum atomic E-state index is -4.74. The molecule has 8 nitrogen and oxygen atoms in total. The first-order valence-electron chi connectivity index (χ1n) is 18.7. The maximum atomic E-state index is 12.3. The number of carbonyl (C=O) groups excluding carboxylic acids is 2. The molecule has 9 heteroatoms. The highest BCUT2D eigenvalue weighted by atomic mass is 31.2. The minimum absolute atomic E-state index is 0.215. The van der Waals surface area contributed by atoms with Gasteiger partial charge >= 0.3 is 19.8 Å². The van der Waals surface area contributed by atoms with Crippen LogP contribution < -0.4 is 0 Å². The van der Waals surface area contributed by atoms with E-state index < -0.39 is 32.5 Å². The lowest BCUT2D eigenvalue weighted by Gasteiger charge is -2.18. The van der Waals surface area contributed by atoms with Crippen molar-refractivity contribution in [3.8, 4) is 0 Å². The van der Waals surface area contributed by atoms with E-state index in [2.05, 4.69) is 25.3 Å². The van der Waals surface area contributed by atoms with Crippen molar-refractivity contribution in [1.82, 2.24) is 0 Å². The van der Waals surface area contributed by atoms with Gasteiger partial charge in [-0.05, 0) is 18.8 Å². The van der Waals surface area contributed by atoms with Crippen LogP contribution in [-0.4, -0.2) is 41.0 Å². The molecule has 2 N–H and O–H groups in total. The summed E-state index contributed by atoms with van der Waals surface area (Å²) in [4.78, 5) is 42.6. The van der Waals surface area contributed by atoms with Crippen LogP contribution in [0.1, 0.15) is 194 Å². The fraction of sp³-hybridized carbons (Fsp3) is 0.944. The van der Waals surface area contributed by atoms with Crippen molar-refractivity contribution in [2.24, 2.45) is 5.92 Å². The molecule has 0 saturated carbocycles. The predicted molar refractivity (Wildman–Crippen MR) is 184 cm³/mol. The third-order valence-electron chi connectivity index (χ3n) is 8.30. The Kier molecular flexibility index (Phi) is 31.0. The Morgan fingerprint density at radius 3 is 1.33 bits per heavy atom. The SMILES string of the molecule is CCCCCCCCCCCCCCCCCCCC(=O)OC[C@H](COP(=O)(O)O)OC(=O)CCCCCCCCCC(C)C. The number of hydrogen-bond donors (Lipinski definition) is 2. The van der Waals surface area contributed by atoms with Gasteiger partial charge in [-0.1, -0.05) is 168 Å². The zero-order chi connectivity index (χ0) is 33.4. The normalized spacial score (nSPS) is 12.5. The van der Waals surface area contributed by atoms with Gasteiger partial charge in [-0.3, -0.25) is 14.1 Å². The number of phosphoric ester groups is 1. The summed E-state index contributed by atoms with van der Waals surface area (Å²) in [6.45, 7) is 5.95. The van der Waals surface area contributed by atoms with Gasteiger partial charge in [0.15, 0.2) is 6.10 Å². The molecule has 45 heavy (non-hydrogen) atoms. The fourth-order valence-corrected chi connectivity index (χ4v) is 5.86. The molecule has 1 atom stereocenters. The van der Waals surface area contributed by atoms with Crippen molar-refractivity contribution in [3.63, 3.8) is 0 Å². The van der Waals surface area contributed by atoms with Gasteiger partial charge in [0.1, 0.15) is 6.61 Å². The number of unbranched alkanes of at least 4 members (excludes halogenated alkanes) is 22. The van der Waals surface area contributed by atoms with Gasteiger partial charge in [0.05, 0.1) is 6.61 Å². The molecule has 0 aromatic carbocycles. The summed E-state index contributed by atoms with van der Waals surface area (Å²) in [6.07, 6.45) is 29.9. The number of rotatable bonds is 34. The van der Waals surface area contributed by atoms with Crippen LogP contribution in [0, 0.1) is 5.92 Å². The summed E-state index contributed by atoms with van der Waals surface area (Å²) in [7, 11) is -4.74. The highest BCUT2D eigenvalue weighted by molar-refractivity contribution is 7.46. The third kappa shape index (κ3) is 35.7. The molecule has 0 saturated heterocycles. The summed E-state index contributed by atoms with van der Waals surface area (Å²) in [5.41, 5.74) is 0. The molecule has 268 valence electrons. The fourth-order valence-electron chi connectivity index (χ4n) is 5.50. The van der Waals surface area contributed by atoms with E-state index in [0.717, 1.165) is 44.4 Å². The topological polar surface area (TPSA) is 119 Å². The van der Waals surface area contributed by atoms with Gasteiger partial charge in [-0.2, -0.15) is 0 Å². The van der Waals surface area contributed by atoms with E-state index in [1.807, 2.05) is 0 Å². The molecule has 0 bridgehead atoms. The van der Waals surface area contributed by atoms with Crippen molar-refractivity contribution >= 4 is 19.8 Å². The van der Waals surface area contributed by atoms with Crippen LogP contribution in [0.3, 0.4) is 0 Å². The van der Waals surface area contributed by atoms with Crippen molar-refractivity contribution < 1.29 is 37.9 Å². The number of phosphoric acid groups is 1. The van der Waals surface area contributed by atoms with E-state index in [9.17, 15) is 14.2 Å². The van der Waals surface area contributed by atoms with Crippen LogP contribution in [0.5, 0.6) is 0 Å². The molecule has 0 aliphatic rings. The van der Waals surface area contributed by atoms with Crippen molar-refractivity contribution in [3.05, 3.63) is 0 Å². The maximum Gasteiger partial charge on any atom is 0.469 e. The van der Waals surface area contributed by atoms with Crippen LogP contribution in [0.15, 0.2) is 0 Å². The molecule has 0 aromatic rings. The zero-order valence-corrected chi connectivity index (χ0v) is 30.3. The molecule has 0 rings (SSSR count). The number of carbonyl (C=O) groups is 2. The molecule has 0 amide bonds. The lowest BCUT2D eigenvalue weighted by Crippen LogP contribution is -2.29. The van der Waals surface area contributed by atoms with Crippen LogP contribution in [0.2, 0.25) is 0 Å². The smallest absolute Gasteiger partial charge is 0.462 e. The molecule has 0 heterocycles.